The van der Waals surface area contributed by atoms with E-state index in [0.29, 0.717) is 12.3 Å². The first kappa shape index (κ1) is 14.5. The van der Waals surface area contributed by atoms with Crippen LogP contribution in [0, 0.1) is 11.3 Å². The number of nitriles is 1. The van der Waals surface area contributed by atoms with E-state index >= 15 is 0 Å². The second-order valence-electron chi connectivity index (χ2n) is 5.02. The van der Waals surface area contributed by atoms with E-state index in [1.165, 1.54) is 6.42 Å². The van der Waals surface area contributed by atoms with Crippen molar-refractivity contribution in [3.8, 4) is 6.07 Å². The number of hydrogen-bond acceptors (Lipinski definition) is 4. The third-order valence-electron chi connectivity index (χ3n) is 3.76. The lowest BCUT2D eigenvalue weighted by Gasteiger charge is -2.22. The fourth-order valence-electron chi connectivity index (χ4n) is 2.69. The second kappa shape index (κ2) is 6.53. The zero-order valence-corrected chi connectivity index (χ0v) is 11.6. The fraction of sp³-hybridized carbons (Fsp3) is 0.643. The van der Waals surface area contributed by atoms with Crippen LogP contribution in [0.1, 0.15) is 56.2 Å². The molecule has 1 fully saturated rings. The number of nitrogens with one attached hydrogen (secondary N) is 1. The summed E-state index contributed by atoms with van der Waals surface area (Å²) in [6, 6.07) is 1.95. The third-order valence-corrected chi connectivity index (χ3v) is 3.76. The molecule has 0 atom stereocenters. The van der Waals surface area contributed by atoms with Gasteiger partial charge in [0.2, 0.25) is 0 Å². The van der Waals surface area contributed by atoms with Gasteiger partial charge in [0.1, 0.15) is 18.4 Å². The van der Waals surface area contributed by atoms with Gasteiger partial charge in [0, 0.05) is 18.2 Å². The van der Waals surface area contributed by atoms with Crippen LogP contribution in [0.25, 0.3) is 0 Å². The summed E-state index contributed by atoms with van der Waals surface area (Å²) in [5, 5.41) is 9.24. The Bertz CT molecular complexity index is 618. The molecule has 6 heteroatoms. The molecule has 0 unspecified atom stereocenters. The fourth-order valence-corrected chi connectivity index (χ4v) is 2.69. The molecule has 0 bridgehead atoms. The number of aromatic amines is 1. The van der Waals surface area contributed by atoms with E-state index < -0.39 is 11.2 Å². The van der Waals surface area contributed by atoms with Gasteiger partial charge < -0.3 is 9.72 Å². The molecule has 20 heavy (non-hydrogen) atoms. The third kappa shape index (κ3) is 2.83. The number of aromatic nitrogens is 2. The number of nitrogens with zero attached hydrogens (tertiary/aromatic N) is 2. The summed E-state index contributed by atoms with van der Waals surface area (Å²) >= 11 is 0. The first-order chi connectivity index (χ1) is 9.69. The molecule has 0 aliphatic heterocycles. The van der Waals surface area contributed by atoms with E-state index in [1.807, 2.05) is 6.07 Å². The summed E-state index contributed by atoms with van der Waals surface area (Å²) in [5.74, 6) is 0.112. The molecule has 1 aromatic heterocycles. The van der Waals surface area contributed by atoms with E-state index in [4.69, 9.17) is 4.74 Å². The number of hydrogen-bond donors (Lipinski definition) is 1. The molecule has 108 valence electrons. The number of rotatable bonds is 4. The van der Waals surface area contributed by atoms with Gasteiger partial charge in [0.05, 0.1) is 0 Å². The van der Waals surface area contributed by atoms with Gasteiger partial charge >= 0.3 is 5.69 Å². The second-order valence-corrected chi connectivity index (χ2v) is 5.02. The molecule has 0 aromatic carbocycles. The maximum absolute atomic E-state index is 12.2. The topological polar surface area (TPSA) is 87.9 Å². The Hall–Kier alpha value is -1.87. The van der Waals surface area contributed by atoms with E-state index in [2.05, 4.69) is 4.98 Å². The predicted molar refractivity (Wildman–Crippen MR) is 73.5 cm³/mol. The van der Waals surface area contributed by atoms with E-state index in [0.717, 1.165) is 30.3 Å². The van der Waals surface area contributed by atoms with Gasteiger partial charge in [0.15, 0.2) is 0 Å². The highest BCUT2D eigenvalue weighted by Crippen LogP contribution is 2.31. The molecule has 1 aromatic rings. The monoisotopic (exact) mass is 277 g/mol. The van der Waals surface area contributed by atoms with Crippen molar-refractivity contribution in [3.05, 3.63) is 32.1 Å². The van der Waals surface area contributed by atoms with Crippen LogP contribution >= 0.6 is 0 Å². The Kier molecular flexibility index (Phi) is 4.74. The molecular weight excluding hydrogens is 258 g/mol. The minimum absolute atomic E-state index is 0.0520. The lowest BCUT2D eigenvalue weighted by atomic mass is 9.85. The maximum Gasteiger partial charge on any atom is 0.330 e. The van der Waals surface area contributed by atoms with Crippen molar-refractivity contribution in [2.24, 2.45) is 0 Å². The van der Waals surface area contributed by atoms with Crippen molar-refractivity contribution in [1.29, 1.82) is 5.26 Å². The van der Waals surface area contributed by atoms with Crippen LogP contribution < -0.4 is 11.2 Å². The van der Waals surface area contributed by atoms with E-state index in [9.17, 15) is 14.9 Å². The highest BCUT2D eigenvalue weighted by Gasteiger charge is 2.23. The molecule has 2 rings (SSSR count). The Balaban J connectivity index is 2.46. The summed E-state index contributed by atoms with van der Waals surface area (Å²) in [6.45, 7) is 2.06. The molecule has 0 spiro atoms. The van der Waals surface area contributed by atoms with Gasteiger partial charge in [-0.1, -0.05) is 19.3 Å². The van der Waals surface area contributed by atoms with Crippen molar-refractivity contribution >= 4 is 0 Å². The molecule has 1 aliphatic carbocycles. The molecule has 1 aliphatic rings. The number of ether oxygens (including phenoxy) is 1. The predicted octanol–water partition coefficient (Wildman–Crippen LogP) is 1.45. The van der Waals surface area contributed by atoms with Crippen LogP contribution in [0.2, 0.25) is 0 Å². The molecule has 1 heterocycles. The number of H-pyrrole nitrogens is 1. The highest BCUT2D eigenvalue weighted by atomic mass is 16.5. The minimum Gasteiger partial charge on any atom is -0.361 e. The maximum atomic E-state index is 12.2. The zero-order valence-electron chi connectivity index (χ0n) is 11.6. The summed E-state index contributed by atoms with van der Waals surface area (Å²) in [4.78, 5) is 26.9. The lowest BCUT2D eigenvalue weighted by molar-refractivity contribution is 0.0819. The molecule has 6 nitrogen and oxygen atoms in total. The normalized spacial score (nSPS) is 16.0. The Morgan fingerprint density at radius 2 is 2.05 bits per heavy atom. The Morgan fingerprint density at radius 3 is 2.65 bits per heavy atom. The average Bonchev–Trinajstić information content (AvgIpc) is 2.47. The van der Waals surface area contributed by atoms with Crippen molar-refractivity contribution < 1.29 is 4.74 Å². The summed E-state index contributed by atoms with van der Waals surface area (Å²) in [7, 11) is 0. The quantitative estimate of drug-likeness (QED) is 0.902. The molecule has 1 saturated carbocycles. The van der Waals surface area contributed by atoms with Crippen LogP contribution in [0.3, 0.4) is 0 Å². The Morgan fingerprint density at radius 1 is 1.35 bits per heavy atom. The standard InChI is InChI=1S/C14H19N3O3/c1-2-20-9-17-13(18)11(8-15)12(16-14(17)19)10-6-4-3-5-7-10/h10H,2-7,9H2,1H3,(H,16,19). The average molecular weight is 277 g/mol. The molecule has 0 radical (unpaired) electrons. The van der Waals surface area contributed by atoms with Crippen LogP contribution in [0.5, 0.6) is 0 Å². The van der Waals surface area contributed by atoms with Gasteiger partial charge in [-0.05, 0) is 19.8 Å². The van der Waals surface area contributed by atoms with Gasteiger partial charge in [-0.25, -0.2) is 9.36 Å². The van der Waals surface area contributed by atoms with Gasteiger partial charge in [-0.15, -0.1) is 0 Å². The van der Waals surface area contributed by atoms with Crippen molar-refractivity contribution in [2.45, 2.75) is 51.7 Å². The minimum atomic E-state index is -0.551. The smallest absolute Gasteiger partial charge is 0.330 e. The SMILES string of the molecule is CCOCn1c(=O)[nH]c(C2CCCCC2)c(C#N)c1=O. The van der Waals surface area contributed by atoms with E-state index in [-0.39, 0.29) is 18.2 Å². The zero-order chi connectivity index (χ0) is 14.5. The van der Waals surface area contributed by atoms with Gasteiger partial charge in [0.25, 0.3) is 5.56 Å². The van der Waals surface area contributed by atoms with Crippen LogP contribution in [0.15, 0.2) is 9.59 Å². The summed E-state index contributed by atoms with van der Waals surface area (Å²) in [6.07, 6.45) is 5.14. The molecular formula is C14H19N3O3. The van der Waals surface area contributed by atoms with Crippen LogP contribution in [-0.2, 0) is 11.5 Å². The van der Waals surface area contributed by atoms with Crippen LogP contribution in [-0.4, -0.2) is 16.2 Å². The summed E-state index contributed by atoms with van der Waals surface area (Å²) in [5.41, 5.74) is -0.487. The van der Waals surface area contributed by atoms with Gasteiger partial charge in [-0.2, -0.15) is 5.26 Å². The largest absolute Gasteiger partial charge is 0.361 e. The first-order valence-corrected chi connectivity index (χ1v) is 7.03. The van der Waals surface area contributed by atoms with E-state index in [1.54, 1.807) is 6.92 Å². The van der Waals surface area contributed by atoms with Crippen molar-refractivity contribution in [1.82, 2.24) is 9.55 Å². The lowest BCUT2D eigenvalue weighted by Crippen LogP contribution is -2.39. The highest BCUT2D eigenvalue weighted by molar-refractivity contribution is 5.33. The summed E-state index contributed by atoms with van der Waals surface area (Å²) < 4.78 is 6.04. The first-order valence-electron chi connectivity index (χ1n) is 7.03. The van der Waals surface area contributed by atoms with Crippen molar-refractivity contribution in [2.75, 3.05) is 6.61 Å². The Labute approximate surface area is 117 Å². The van der Waals surface area contributed by atoms with Gasteiger partial charge in [-0.3, -0.25) is 4.79 Å². The van der Waals surface area contributed by atoms with Crippen LogP contribution in [0.4, 0.5) is 0 Å². The molecule has 0 saturated heterocycles. The molecule has 0 amide bonds. The van der Waals surface area contributed by atoms with Crippen molar-refractivity contribution in [3.63, 3.8) is 0 Å². The molecule has 1 N–H and O–H groups in total.